The van der Waals surface area contributed by atoms with Crippen molar-refractivity contribution < 1.29 is 13.6 Å². The monoisotopic (exact) mass is 304 g/mol. The number of aldehydes is 1. The fourth-order valence-electron chi connectivity index (χ4n) is 3.05. The van der Waals surface area contributed by atoms with E-state index in [9.17, 15) is 13.6 Å². The first kappa shape index (κ1) is 15.7. The van der Waals surface area contributed by atoms with Gasteiger partial charge in [-0.15, -0.1) is 0 Å². The van der Waals surface area contributed by atoms with Crippen LogP contribution in [0.2, 0.25) is 0 Å². The molecule has 0 spiro atoms. The summed E-state index contributed by atoms with van der Waals surface area (Å²) in [7, 11) is 1.64. The first-order chi connectivity index (χ1) is 9.41. The maximum absolute atomic E-state index is 13.5. The van der Waals surface area contributed by atoms with Crippen LogP contribution in [0.3, 0.4) is 0 Å². The first-order valence-electron chi connectivity index (χ1n) is 7.17. The number of nitrogens with zero attached hydrogens (tertiary/aromatic N) is 1. The van der Waals surface area contributed by atoms with Gasteiger partial charge < -0.3 is 10.1 Å². The van der Waals surface area contributed by atoms with Crippen molar-refractivity contribution in [1.82, 2.24) is 5.32 Å². The first-order valence-corrected chi connectivity index (χ1v) is 7.99. The summed E-state index contributed by atoms with van der Waals surface area (Å²) in [4.78, 5) is 15.5. The summed E-state index contributed by atoms with van der Waals surface area (Å²) in [6.07, 6.45) is 5.08. The minimum absolute atomic E-state index is 0.151. The lowest BCUT2D eigenvalue weighted by Crippen LogP contribution is -2.36. The van der Waals surface area contributed by atoms with Crippen molar-refractivity contribution in [1.29, 1.82) is 0 Å². The highest BCUT2D eigenvalue weighted by Crippen LogP contribution is 2.42. The van der Waals surface area contributed by atoms with E-state index >= 15 is 0 Å². The molecule has 2 unspecified atom stereocenters. The molecule has 20 heavy (non-hydrogen) atoms. The second-order valence-corrected chi connectivity index (χ2v) is 7.37. The van der Waals surface area contributed by atoms with Crippen molar-refractivity contribution in [2.24, 2.45) is 10.9 Å². The molecule has 3 nitrogen and oxygen atoms in total. The van der Waals surface area contributed by atoms with Crippen LogP contribution in [-0.2, 0) is 4.79 Å². The maximum Gasteiger partial charge on any atom is 0.252 e. The van der Waals surface area contributed by atoms with Crippen LogP contribution in [0, 0.1) is 5.92 Å². The summed E-state index contributed by atoms with van der Waals surface area (Å²) in [6.45, 7) is 1.58. The van der Waals surface area contributed by atoms with Gasteiger partial charge in [0.05, 0.1) is 4.75 Å². The van der Waals surface area contributed by atoms with E-state index in [2.05, 4.69) is 10.3 Å². The molecule has 0 aromatic rings. The minimum Gasteiger partial charge on any atom is -0.362 e. The van der Waals surface area contributed by atoms with Crippen molar-refractivity contribution in [3.63, 3.8) is 0 Å². The SMILES string of the molecule is CN=C(NC1CC(C)C(F)(F)C1)SC1(C=O)CCCC1. The minimum atomic E-state index is -2.60. The molecule has 2 rings (SSSR count). The zero-order chi connectivity index (χ0) is 14.8. The number of thioether (sulfide) groups is 1. The van der Waals surface area contributed by atoms with Gasteiger partial charge in [-0.05, 0) is 19.3 Å². The number of aliphatic imine (C=N–C) groups is 1. The zero-order valence-electron chi connectivity index (χ0n) is 12.0. The Balaban J connectivity index is 1.95. The van der Waals surface area contributed by atoms with Crippen molar-refractivity contribution in [2.75, 3.05) is 7.05 Å². The fourth-order valence-corrected chi connectivity index (χ4v) is 4.29. The van der Waals surface area contributed by atoms with E-state index in [0.717, 1.165) is 32.0 Å². The molecule has 2 atom stereocenters. The second kappa shape index (κ2) is 6.00. The van der Waals surface area contributed by atoms with E-state index in [1.54, 1.807) is 14.0 Å². The third-order valence-electron chi connectivity index (χ3n) is 4.37. The van der Waals surface area contributed by atoms with Crippen molar-refractivity contribution in [3.8, 4) is 0 Å². The van der Waals surface area contributed by atoms with Gasteiger partial charge in [0.2, 0.25) is 0 Å². The molecular weight excluding hydrogens is 282 g/mol. The van der Waals surface area contributed by atoms with E-state index in [0.29, 0.717) is 11.6 Å². The molecule has 0 aromatic carbocycles. The molecule has 6 heteroatoms. The Labute approximate surface area is 123 Å². The number of halogens is 2. The lowest BCUT2D eigenvalue weighted by molar-refractivity contribution is -0.109. The molecule has 0 aromatic heterocycles. The smallest absolute Gasteiger partial charge is 0.252 e. The number of amidine groups is 1. The fraction of sp³-hybridized carbons (Fsp3) is 0.857. The van der Waals surface area contributed by atoms with E-state index in [4.69, 9.17) is 0 Å². The lowest BCUT2D eigenvalue weighted by Gasteiger charge is -2.24. The summed E-state index contributed by atoms with van der Waals surface area (Å²) in [5.74, 6) is -3.20. The summed E-state index contributed by atoms with van der Waals surface area (Å²) < 4.78 is 26.7. The van der Waals surface area contributed by atoms with Crippen molar-refractivity contribution in [2.45, 2.75) is 62.2 Å². The number of hydrogen-bond donors (Lipinski definition) is 1. The maximum atomic E-state index is 13.5. The number of carbonyl (C=O) groups excluding carboxylic acids is 1. The summed E-state index contributed by atoms with van der Waals surface area (Å²) in [5, 5.41) is 3.73. The molecule has 1 N–H and O–H groups in total. The van der Waals surface area contributed by atoms with Crippen LogP contribution in [0.4, 0.5) is 8.78 Å². The van der Waals surface area contributed by atoms with Gasteiger partial charge in [0.25, 0.3) is 5.92 Å². The third kappa shape index (κ3) is 3.32. The van der Waals surface area contributed by atoms with Crippen LogP contribution >= 0.6 is 11.8 Å². The van der Waals surface area contributed by atoms with Crippen LogP contribution in [0.15, 0.2) is 4.99 Å². The van der Waals surface area contributed by atoms with Gasteiger partial charge >= 0.3 is 0 Å². The van der Waals surface area contributed by atoms with Gasteiger partial charge in [0, 0.05) is 25.4 Å². The standard InChI is InChI=1S/C14H22F2N2OS/c1-10-7-11(8-14(10,15)16)18-12(17-2)20-13(9-19)5-3-4-6-13/h9-11H,3-8H2,1-2H3,(H,17,18). The molecule has 2 aliphatic rings. The van der Waals surface area contributed by atoms with Gasteiger partial charge in [0.15, 0.2) is 5.17 Å². The average molecular weight is 304 g/mol. The number of nitrogens with one attached hydrogen (secondary N) is 1. The highest BCUT2D eigenvalue weighted by molar-refractivity contribution is 8.15. The van der Waals surface area contributed by atoms with E-state index in [1.807, 2.05) is 0 Å². The molecule has 2 aliphatic carbocycles. The van der Waals surface area contributed by atoms with Crippen LogP contribution in [0.25, 0.3) is 0 Å². The van der Waals surface area contributed by atoms with Gasteiger partial charge in [-0.1, -0.05) is 31.5 Å². The van der Waals surface area contributed by atoms with Gasteiger partial charge in [-0.25, -0.2) is 8.78 Å². The predicted octanol–water partition coefficient (Wildman–Crippen LogP) is 3.24. The Morgan fingerprint density at radius 1 is 1.40 bits per heavy atom. The molecule has 0 bridgehead atoms. The van der Waals surface area contributed by atoms with Gasteiger partial charge in [0.1, 0.15) is 6.29 Å². The molecule has 2 fully saturated rings. The zero-order valence-corrected chi connectivity index (χ0v) is 12.8. The summed E-state index contributed by atoms with van der Waals surface area (Å²) in [5.41, 5.74) is 0. The Morgan fingerprint density at radius 2 is 2.05 bits per heavy atom. The third-order valence-corrected chi connectivity index (χ3v) is 5.78. The van der Waals surface area contributed by atoms with Crippen LogP contribution in [0.5, 0.6) is 0 Å². The summed E-state index contributed by atoms with van der Waals surface area (Å²) in [6, 6.07) is -0.253. The van der Waals surface area contributed by atoms with Crippen LogP contribution in [0.1, 0.15) is 45.4 Å². The largest absolute Gasteiger partial charge is 0.362 e. The highest BCUT2D eigenvalue weighted by Gasteiger charge is 2.46. The van der Waals surface area contributed by atoms with E-state index in [-0.39, 0.29) is 12.5 Å². The molecule has 0 radical (unpaired) electrons. The summed E-state index contributed by atoms with van der Waals surface area (Å²) >= 11 is 1.41. The Bertz CT molecular complexity index is 395. The van der Waals surface area contributed by atoms with E-state index in [1.165, 1.54) is 11.8 Å². The normalized spacial score (nSPS) is 32.3. The molecule has 114 valence electrons. The topological polar surface area (TPSA) is 41.5 Å². The molecule has 0 aliphatic heterocycles. The Hall–Kier alpha value is -0.650. The Kier molecular flexibility index (Phi) is 4.72. The van der Waals surface area contributed by atoms with Crippen molar-refractivity contribution >= 4 is 23.2 Å². The lowest BCUT2D eigenvalue weighted by atomic mass is 10.1. The predicted molar refractivity (Wildman–Crippen MR) is 78.5 cm³/mol. The molecule has 0 saturated heterocycles. The number of alkyl halides is 2. The Morgan fingerprint density at radius 3 is 2.50 bits per heavy atom. The molecular formula is C14H22F2N2OS. The molecule has 0 heterocycles. The van der Waals surface area contributed by atoms with Crippen LogP contribution < -0.4 is 5.32 Å². The quantitative estimate of drug-likeness (QED) is 0.494. The van der Waals surface area contributed by atoms with E-state index < -0.39 is 16.6 Å². The highest BCUT2D eigenvalue weighted by atomic mass is 32.2. The van der Waals surface area contributed by atoms with Gasteiger partial charge in [-0.3, -0.25) is 4.99 Å². The molecule has 0 amide bonds. The number of carbonyl (C=O) groups is 1. The average Bonchev–Trinajstić information content (AvgIpc) is 2.95. The van der Waals surface area contributed by atoms with Crippen LogP contribution in [-0.4, -0.2) is 35.2 Å². The second-order valence-electron chi connectivity index (χ2n) is 5.96. The van der Waals surface area contributed by atoms with Gasteiger partial charge in [-0.2, -0.15) is 0 Å². The number of hydrogen-bond acceptors (Lipinski definition) is 3. The van der Waals surface area contributed by atoms with Crippen molar-refractivity contribution in [3.05, 3.63) is 0 Å². The molecule has 2 saturated carbocycles. The number of rotatable bonds is 3.